The Morgan fingerprint density at radius 2 is 2.40 bits per heavy atom. The minimum absolute atomic E-state index is 0.238. The van der Waals surface area contributed by atoms with Gasteiger partial charge in [0.2, 0.25) is 0 Å². The van der Waals surface area contributed by atoms with E-state index in [1.165, 1.54) is 24.1 Å². The first kappa shape index (κ1) is 11.4. The van der Waals surface area contributed by atoms with Crippen LogP contribution in [0.15, 0.2) is 11.4 Å². The van der Waals surface area contributed by atoms with Gasteiger partial charge in [0, 0.05) is 4.88 Å². The van der Waals surface area contributed by atoms with Crippen LogP contribution in [0.3, 0.4) is 0 Å². The second-order valence-corrected chi connectivity index (χ2v) is 5.81. The minimum Gasteiger partial charge on any atom is -0.271 e. The van der Waals surface area contributed by atoms with Gasteiger partial charge in [0.05, 0.1) is 11.1 Å². The molecular weight excluding hydrogens is 228 g/mol. The van der Waals surface area contributed by atoms with Gasteiger partial charge in [-0.2, -0.15) is 0 Å². The number of nitrogens with one attached hydrogen (secondary N) is 1. The molecule has 1 fully saturated rings. The van der Waals surface area contributed by atoms with Gasteiger partial charge in [-0.3, -0.25) is 11.3 Å². The Morgan fingerprint density at radius 1 is 1.60 bits per heavy atom. The lowest BCUT2D eigenvalue weighted by Gasteiger charge is -2.22. The van der Waals surface area contributed by atoms with Crippen LogP contribution in [0.2, 0.25) is 5.02 Å². The SMILES string of the molecule is CC1CCC(C(NN)c2sccc2Cl)C1. The third kappa shape index (κ3) is 2.36. The molecule has 3 atom stereocenters. The summed E-state index contributed by atoms with van der Waals surface area (Å²) in [6, 6.07) is 2.19. The predicted octanol–water partition coefficient (Wildman–Crippen LogP) is 3.34. The molecule has 3 unspecified atom stereocenters. The summed E-state index contributed by atoms with van der Waals surface area (Å²) in [4.78, 5) is 1.19. The molecule has 15 heavy (non-hydrogen) atoms. The maximum atomic E-state index is 6.14. The van der Waals surface area contributed by atoms with Crippen LogP contribution in [0.4, 0.5) is 0 Å². The van der Waals surface area contributed by atoms with Crippen molar-refractivity contribution in [1.29, 1.82) is 0 Å². The quantitative estimate of drug-likeness (QED) is 0.632. The van der Waals surface area contributed by atoms with Gasteiger partial charge in [-0.25, -0.2) is 0 Å². The van der Waals surface area contributed by atoms with Crippen molar-refractivity contribution in [2.45, 2.75) is 32.2 Å². The Bertz CT molecular complexity index is 326. The summed E-state index contributed by atoms with van der Waals surface area (Å²) in [7, 11) is 0. The molecule has 2 nitrogen and oxygen atoms in total. The van der Waals surface area contributed by atoms with E-state index in [1.807, 2.05) is 11.4 Å². The highest BCUT2D eigenvalue weighted by Crippen LogP contribution is 2.41. The van der Waals surface area contributed by atoms with Crippen LogP contribution in [-0.4, -0.2) is 0 Å². The summed E-state index contributed by atoms with van der Waals surface area (Å²) >= 11 is 7.84. The number of halogens is 1. The Labute approximate surface area is 99.8 Å². The Morgan fingerprint density at radius 3 is 2.87 bits per heavy atom. The van der Waals surface area contributed by atoms with Gasteiger partial charge in [-0.05, 0) is 36.1 Å². The van der Waals surface area contributed by atoms with Gasteiger partial charge in [0.15, 0.2) is 0 Å². The lowest BCUT2D eigenvalue weighted by atomic mass is 9.96. The molecule has 0 bridgehead atoms. The van der Waals surface area contributed by atoms with Gasteiger partial charge in [0.25, 0.3) is 0 Å². The first-order chi connectivity index (χ1) is 7.22. The molecule has 0 amide bonds. The van der Waals surface area contributed by atoms with Crippen LogP contribution in [-0.2, 0) is 0 Å². The lowest BCUT2D eigenvalue weighted by Crippen LogP contribution is -2.32. The van der Waals surface area contributed by atoms with Crippen LogP contribution in [0.1, 0.15) is 37.1 Å². The van der Waals surface area contributed by atoms with E-state index < -0.39 is 0 Å². The van der Waals surface area contributed by atoms with Gasteiger partial charge >= 0.3 is 0 Å². The maximum Gasteiger partial charge on any atom is 0.0596 e. The van der Waals surface area contributed by atoms with Gasteiger partial charge in [0.1, 0.15) is 0 Å². The molecule has 84 valence electrons. The molecule has 4 heteroatoms. The van der Waals surface area contributed by atoms with Crippen molar-refractivity contribution in [2.24, 2.45) is 17.7 Å². The van der Waals surface area contributed by atoms with E-state index in [0.29, 0.717) is 5.92 Å². The largest absolute Gasteiger partial charge is 0.271 e. The van der Waals surface area contributed by atoms with Crippen molar-refractivity contribution < 1.29 is 0 Å². The third-order valence-electron chi connectivity index (χ3n) is 3.31. The van der Waals surface area contributed by atoms with Crippen molar-refractivity contribution in [3.05, 3.63) is 21.3 Å². The summed E-state index contributed by atoms with van der Waals surface area (Å²) in [5.41, 5.74) is 2.93. The molecule has 0 spiro atoms. The second-order valence-electron chi connectivity index (χ2n) is 4.46. The normalized spacial score (nSPS) is 28.2. The van der Waals surface area contributed by atoms with Crippen LogP contribution in [0.5, 0.6) is 0 Å². The Hall–Kier alpha value is -0.0900. The summed E-state index contributed by atoms with van der Waals surface area (Å²) in [6.45, 7) is 2.31. The Balaban J connectivity index is 2.14. The maximum absolute atomic E-state index is 6.14. The first-order valence-electron chi connectivity index (χ1n) is 5.41. The zero-order valence-corrected chi connectivity index (χ0v) is 10.4. The summed E-state index contributed by atoms with van der Waals surface area (Å²) in [5.74, 6) is 7.12. The van der Waals surface area contributed by atoms with Crippen molar-refractivity contribution in [1.82, 2.24) is 5.43 Å². The fourth-order valence-electron chi connectivity index (χ4n) is 2.51. The summed E-state index contributed by atoms with van der Waals surface area (Å²) < 4.78 is 0. The van der Waals surface area contributed by atoms with Crippen LogP contribution >= 0.6 is 22.9 Å². The van der Waals surface area contributed by atoms with Crippen LogP contribution in [0.25, 0.3) is 0 Å². The molecule has 1 saturated carbocycles. The van der Waals surface area contributed by atoms with E-state index in [1.54, 1.807) is 11.3 Å². The van der Waals surface area contributed by atoms with E-state index in [4.69, 9.17) is 17.4 Å². The molecule has 1 aliphatic carbocycles. The fourth-order valence-corrected chi connectivity index (χ4v) is 3.83. The van der Waals surface area contributed by atoms with Crippen molar-refractivity contribution in [2.75, 3.05) is 0 Å². The van der Waals surface area contributed by atoms with Gasteiger partial charge in [-0.1, -0.05) is 24.9 Å². The number of nitrogens with two attached hydrogens (primary N) is 1. The molecule has 3 N–H and O–H groups in total. The highest BCUT2D eigenvalue weighted by Gasteiger charge is 2.30. The predicted molar refractivity (Wildman–Crippen MR) is 65.9 cm³/mol. The van der Waals surface area contributed by atoms with Crippen molar-refractivity contribution in [3.63, 3.8) is 0 Å². The van der Waals surface area contributed by atoms with E-state index in [0.717, 1.165) is 10.9 Å². The molecule has 0 aromatic carbocycles. The molecule has 1 aromatic heterocycles. The first-order valence-corrected chi connectivity index (χ1v) is 6.67. The highest BCUT2D eigenvalue weighted by atomic mass is 35.5. The van der Waals surface area contributed by atoms with E-state index in [9.17, 15) is 0 Å². The summed E-state index contributed by atoms with van der Waals surface area (Å²) in [6.07, 6.45) is 3.82. The number of thiophene rings is 1. The third-order valence-corrected chi connectivity index (χ3v) is 4.76. The van der Waals surface area contributed by atoms with Gasteiger partial charge in [-0.15, -0.1) is 11.3 Å². The van der Waals surface area contributed by atoms with Crippen LogP contribution < -0.4 is 11.3 Å². The number of hydrogen-bond donors (Lipinski definition) is 2. The molecule has 0 radical (unpaired) electrons. The van der Waals surface area contributed by atoms with E-state index in [2.05, 4.69) is 12.3 Å². The average Bonchev–Trinajstić information content (AvgIpc) is 2.79. The van der Waals surface area contributed by atoms with Gasteiger partial charge < -0.3 is 0 Å². The highest BCUT2D eigenvalue weighted by molar-refractivity contribution is 7.10. The molecule has 1 aromatic rings. The number of hydrogen-bond acceptors (Lipinski definition) is 3. The standard InChI is InChI=1S/C11H17ClN2S/c1-7-2-3-8(6-7)10(14-13)11-9(12)4-5-15-11/h4-5,7-8,10,14H,2-3,6,13H2,1H3. The molecular formula is C11H17ClN2S. The summed E-state index contributed by atoms with van der Waals surface area (Å²) in [5, 5.41) is 2.88. The molecule has 0 aliphatic heterocycles. The zero-order chi connectivity index (χ0) is 10.8. The molecule has 2 rings (SSSR count). The smallest absolute Gasteiger partial charge is 0.0596 e. The van der Waals surface area contributed by atoms with Crippen LogP contribution in [0, 0.1) is 11.8 Å². The van der Waals surface area contributed by atoms with E-state index >= 15 is 0 Å². The second kappa shape index (κ2) is 4.83. The van der Waals surface area contributed by atoms with E-state index in [-0.39, 0.29) is 6.04 Å². The topological polar surface area (TPSA) is 38.0 Å². The average molecular weight is 245 g/mol. The van der Waals surface area contributed by atoms with Crippen molar-refractivity contribution >= 4 is 22.9 Å². The fraction of sp³-hybridized carbons (Fsp3) is 0.636. The molecule has 1 heterocycles. The molecule has 1 aliphatic rings. The monoisotopic (exact) mass is 244 g/mol. The lowest BCUT2D eigenvalue weighted by molar-refractivity contribution is 0.369. The number of hydrazine groups is 1. The Kier molecular flexibility index (Phi) is 3.67. The minimum atomic E-state index is 0.238. The zero-order valence-electron chi connectivity index (χ0n) is 8.87. The number of rotatable bonds is 3. The van der Waals surface area contributed by atoms with Crippen molar-refractivity contribution in [3.8, 4) is 0 Å². The molecule has 0 saturated heterocycles.